The first kappa shape index (κ1) is 11.2. The molecule has 1 N–H and O–H groups in total. The number of aromatic nitrogens is 1. The highest BCUT2D eigenvalue weighted by Gasteiger charge is 2.24. The molecule has 1 saturated carbocycles. The number of pyridine rings is 1. The lowest BCUT2D eigenvalue weighted by molar-refractivity contribution is 0.300. The predicted octanol–water partition coefficient (Wildman–Crippen LogP) is 1.30. The standard InChI is InChI=1S/C10H14N2O3S/c1-7-10(15-9-3-4-9)5-8(6-11-7)12-16(2,13)14/h5-6,9,12H,3-4H2,1-2H3. The van der Waals surface area contributed by atoms with Crippen LogP contribution in [0.5, 0.6) is 5.75 Å². The lowest BCUT2D eigenvalue weighted by atomic mass is 10.3. The van der Waals surface area contributed by atoms with Crippen molar-refractivity contribution in [2.24, 2.45) is 0 Å². The lowest BCUT2D eigenvalue weighted by Crippen LogP contribution is -2.10. The smallest absolute Gasteiger partial charge is 0.229 e. The first-order valence-electron chi connectivity index (χ1n) is 5.05. The molecule has 0 saturated heterocycles. The third kappa shape index (κ3) is 3.10. The molecule has 6 heteroatoms. The summed E-state index contributed by atoms with van der Waals surface area (Å²) in [5.41, 5.74) is 1.20. The second kappa shape index (κ2) is 3.93. The van der Waals surface area contributed by atoms with Crippen molar-refractivity contribution in [1.82, 2.24) is 4.98 Å². The molecule has 16 heavy (non-hydrogen) atoms. The molecule has 0 aromatic carbocycles. The molecule has 0 amide bonds. The molecule has 1 fully saturated rings. The fourth-order valence-corrected chi connectivity index (χ4v) is 1.81. The third-order valence-corrected chi connectivity index (χ3v) is 2.77. The Morgan fingerprint density at radius 2 is 2.19 bits per heavy atom. The number of aryl methyl sites for hydroxylation is 1. The maximum absolute atomic E-state index is 11.1. The van der Waals surface area contributed by atoms with Gasteiger partial charge in [-0.25, -0.2) is 8.42 Å². The van der Waals surface area contributed by atoms with Gasteiger partial charge in [0.25, 0.3) is 0 Å². The molecule has 88 valence electrons. The minimum Gasteiger partial charge on any atom is -0.488 e. The first-order valence-corrected chi connectivity index (χ1v) is 6.94. The summed E-state index contributed by atoms with van der Waals surface area (Å²) in [5.74, 6) is 0.649. The van der Waals surface area contributed by atoms with Crippen molar-refractivity contribution in [2.45, 2.75) is 25.9 Å². The summed E-state index contributed by atoms with van der Waals surface area (Å²) in [6, 6.07) is 1.67. The van der Waals surface area contributed by atoms with Gasteiger partial charge in [0.05, 0.1) is 29.9 Å². The van der Waals surface area contributed by atoms with Gasteiger partial charge in [-0.05, 0) is 19.8 Å². The SMILES string of the molecule is Cc1ncc(NS(C)(=O)=O)cc1OC1CC1. The van der Waals surface area contributed by atoms with Crippen molar-refractivity contribution < 1.29 is 13.2 Å². The van der Waals surface area contributed by atoms with Crippen LogP contribution in [0.3, 0.4) is 0 Å². The Kier molecular flexibility index (Phi) is 2.75. The Balaban J connectivity index is 2.20. The van der Waals surface area contributed by atoms with Gasteiger partial charge in [0.15, 0.2) is 0 Å². The van der Waals surface area contributed by atoms with E-state index in [1.54, 1.807) is 6.07 Å². The van der Waals surface area contributed by atoms with Crippen LogP contribution in [-0.2, 0) is 10.0 Å². The van der Waals surface area contributed by atoms with Crippen LogP contribution in [0.25, 0.3) is 0 Å². The number of rotatable bonds is 4. The first-order chi connectivity index (χ1) is 7.44. The van der Waals surface area contributed by atoms with Crippen LogP contribution in [-0.4, -0.2) is 25.8 Å². The fraction of sp³-hybridized carbons (Fsp3) is 0.500. The molecular weight excluding hydrogens is 228 g/mol. The summed E-state index contributed by atoms with van der Waals surface area (Å²) in [6.07, 6.45) is 4.98. The van der Waals surface area contributed by atoms with E-state index in [-0.39, 0.29) is 6.10 Å². The zero-order valence-electron chi connectivity index (χ0n) is 9.23. The molecule has 1 aliphatic carbocycles. The largest absolute Gasteiger partial charge is 0.488 e. The summed E-state index contributed by atoms with van der Waals surface area (Å²) in [5, 5.41) is 0. The van der Waals surface area contributed by atoms with Crippen molar-refractivity contribution in [3.63, 3.8) is 0 Å². The van der Waals surface area contributed by atoms with E-state index in [4.69, 9.17) is 4.74 Å². The van der Waals surface area contributed by atoms with Gasteiger partial charge in [0, 0.05) is 6.07 Å². The van der Waals surface area contributed by atoms with Crippen molar-refractivity contribution >= 4 is 15.7 Å². The van der Waals surface area contributed by atoms with Gasteiger partial charge >= 0.3 is 0 Å². The van der Waals surface area contributed by atoms with Crippen LogP contribution >= 0.6 is 0 Å². The van der Waals surface area contributed by atoms with Crippen molar-refractivity contribution in [2.75, 3.05) is 11.0 Å². The monoisotopic (exact) mass is 242 g/mol. The number of hydrogen-bond acceptors (Lipinski definition) is 4. The normalized spacial score (nSPS) is 15.9. The Hall–Kier alpha value is -1.30. The highest BCUT2D eigenvalue weighted by atomic mass is 32.2. The summed E-state index contributed by atoms with van der Waals surface area (Å²) in [7, 11) is -3.27. The molecule has 0 bridgehead atoms. The summed E-state index contributed by atoms with van der Waals surface area (Å²) in [6.45, 7) is 1.84. The Morgan fingerprint density at radius 3 is 2.75 bits per heavy atom. The molecule has 0 radical (unpaired) electrons. The molecule has 1 heterocycles. The molecule has 5 nitrogen and oxygen atoms in total. The van der Waals surface area contributed by atoms with E-state index in [9.17, 15) is 8.42 Å². The van der Waals surface area contributed by atoms with Crippen molar-refractivity contribution in [1.29, 1.82) is 0 Å². The average molecular weight is 242 g/mol. The Labute approximate surface area is 94.9 Å². The van der Waals surface area contributed by atoms with Crippen LogP contribution in [0.4, 0.5) is 5.69 Å². The summed E-state index contributed by atoms with van der Waals surface area (Å²) in [4.78, 5) is 4.09. The van der Waals surface area contributed by atoms with Gasteiger partial charge in [-0.3, -0.25) is 9.71 Å². The van der Waals surface area contributed by atoms with Crippen LogP contribution in [0.15, 0.2) is 12.3 Å². The predicted molar refractivity (Wildman–Crippen MR) is 61.1 cm³/mol. The van der Waals surface area contributed by atoms with Gasteiger partial charge in [-0.1, -0.05) is 0 Å². The molecular formula is C10H14N2O3S. The molecule has 2 rings (SSSR count). The highest BCUT2D eigenvalue weighted by molar-refractivity contribution is 7.92. The Bertz CT molecular complexity index is 495. The fourth-order valence-electron chi connectivity index (χ4n) is 1.27. The molecule has 0 atom stereocenters. The molecule has 0 unspecified atom stereocenters. The van der Waals surface area contributed by atoms with Crippen LogP contribution in [0.1, 0.15) is 18.5 Å². The number of nitrogens with zero attached hydrogens (tertiary/aromatic N) is 1. The van der Waals surface area contributed by atoms with Gasteiger partial charge in [0.1, 0.15) is 5.75 Å². The van der Waals surface area contributed by atoms with E-state index >= 15 is 0 Å². The maximum Gasteiger partial charge on any atom is 0.229 e. The molecule has 1 aromatic rings. The number of ether oxygens (including phenoxy) is 1. The van der Waals surface area contributed by atoms with Gasteiger partial charge < -0.3 is 4.74 Å². The summed E-state index contributed by atoms with van der Waals surface area (Å²) < 4.78 is 30.1. The number of hydrogen-bond donors (Lipinski definition) is 1. The zero-order valence-corrected chi connectivity index (χ0v) is 10.0. The van der Waals surface area contributed by atoms with E-state index < -0.39 is 10.0 Å². The Morgan fingerprint density at radius 1 is 1.50 bits per heavy atom. The number of sulfonamides is 1. The number of nitrogens with one attached hydrogen (secondary N) is 1. The highest BCUT2D eigenvalue weighted by Crippen LogP contribution is 2.29. The van der Waals surface area contributed by atoms with Crippen molar-refractivity contribution in [3.05, 3.63) is 18.0 Å². The second-order valence-corrected chi connectivity index (χ2v) is 5.75. The van der Waals surface area contributed by atoms with Crippen LogP contribution < -0.4 is 9.46 Å². The zero-order chi connectivity index (χ0) is 11.8. The van der Waals surface area contributed by atoms with E-state index in [1.165, 1.54) is 6.20 Å². The number of anilines is 1. The van der Waals surface area contributed by atoms with E-state index in [1.807, 2.05) is 6.92 Å². The molecule has 0 spiro atoms. The van der Waals surface area contributed by atoms with Gasteiger partial charge in [-0.15, -0.1) is 0 Å². The summed E-state index contributed by atoms with van der Waals surface area (Å²) >= 11 is 0. The molecule has 1 aromatic heterocycles. The maximum atomic E-state index is 11.1. The minimum absolute atomic E-state index is 0.272. The van der Waals surface area contributed by atoms with Crippen LogP contribution in [0, 0.1) is 6.92 Å². The third-order valence-electron chi connectivity index (χ3n) is 2.16. The van der Waals surface area contributed by atoms with Crippen molar-refractivity contribution in [3.8, 4) is 5.75 Å². The lowest BCUT2D eigenvalue weighted by Gasteiger charge is -2.09. The van der Waals surface area contributed by atoms with Crippen LogP contribution in [0.2, 0.25) is 0 Å². The van der Waals surface area contributed by atoms with Gasteiger partial charge in [-0.2, -0.15) is 0 Å². The molecule has 0 aliphatic heterocycles. The van der Waals surface area contributed by atoms with E-state index in [2.05, 4.69) is 9.71 Å². The van der Waals surface area contributed by atoms with E-state index in [0.717, 1.165) is 24.8 Å². The minimum atomic E-state index is -3.27. The quantitative estimate of drug-likeness (QED) is 0.864. The van der Waals surface area contributed by atoms with Gasteiger partial charge in [0.2, 0.25) is 10.0 Å². The topological polar surface area (TPSA) is 68.3 Å². The second-order valence-electron chi connectivity index (χ2n) is 4.00. The van der Waals surface area contributed by atoms with E-state index in [0.29, 0.717) is 11.4 Å². The average Bonchev–Trinajstić information content (AvgIpc) is 2.92. The molecule has 1 aliphatic rings.